The molecule has 2 aromatic heterocycles. The van der Waals surface area contributed by atoms with Crippen molar-refractivity contribution in [1.82, 2.24) is 9.97 Å². The molecule has 0 fully saturated rings. The Labute approximate surface area is 143 Å². The van der Waals surface area contributed by atoms with E-state index in [1.165, 1.54) is 19.3 Å². The number of anilines is 1. The molecule has 0 bridgehead atoms. The fourth-order valence-electron chi connectivity index (χ4n) is 1.90. The molecule has 2 rings (SSSR count). The van der Waals surface area contributed by atoms with Gasteiger partial charge in [0.25, 0.3) is 0 Å². The molecule has 23 heavy (non-hydrogen) atoms. The van der Waals surface area contributed by atoms with Crippen LogP contribution in [-0.2, 0) is 12.6 Å². The lowest BCUT2D eigenvalue weighted by Gasteiger charge is -2.12. The van der Waals surface area contributed by atoms with Crippen LogP contribution in [0.25, 0.3) is 0 Å². The number of aromatic nitrogens is 2. The van der Waals surface area contributed by atoms with Crippen molar-refractivity contribution in [3.63, 3.8) is 0 Å². The van der Waals surface area contributed by atoms with Gasteiger partial charge in [-0.05, 0) is 28.1 Å². The molecule has 0 atom stereocenters. The first kappa shape index (κ1) is 17.7. The molecule has 0 saturated heterocycles. The van der Waals surface area contributed by atoms with Gasteiger partial charge in [0.2, 0.25) is 0 Å². The van der Waals surface area contributed by atoms with E-state index in [-0.39, 0.29) is 28.5 Å². The van der Waals surface area contributed by atoms with Gasteiger partial charge in [-0.3, -0.25) is 9.78 Å². The van der Waals surface area contributed by atoms with E-state index in [9.17, 15) is 18.0 Å². The number of ketones is 1. The number of rotatable bonds is 4. The number of alkyl halides is 3. The summed E-state index contributed by atoms with van der Waals surface area (Å²) in [6.07, 6.45) is -2.74. The second-order valence-electron chi connectivity index (χ2n) is 4.56. The van der Waals surface area contributed by atoms with Crippen LogP contribution in [0, 0.1) is 0 Å². The van der Waals surface area contributed by atoms with Gasteiger partial charge >= 0.3 is 6.18 Å². The first-order chi connectivity index (χ1) is 10.7. The molecule has 0 aliphatic rings. The Morgan fingerprint density at radius 2 is 2.00 bits per heavy atom. The van der Waals surface area contributed by atoms with E-state index in [4.69, 9.17) is 11.6 Å². The summed E-state index contributed by atoms with van der Waals surface area (Å²) in [5, 5.41) is 2.78. The maximum Gasteiger partial charge on any atom is 0.417 e. The normalized spacial score (nSPS) is 11.4. The SMILES string of the molecule is CNc1ncc(C(F)(F)F)cc1CC(=O)c1ncc(Br)cc1Cl. The third-order valence-corrected chi connectivity index (χ3v) is 3.68. The second-order valence-corrected chi connectivity index (χ2v) is 5.89. The van der Waals surface area contributed by atoms with Gasteiger partial charge in [-0.15, -0.1) is 0 Å². The molecular formula is C14H10BrClF3N3O. The topological polar surface area (TPSA) is 54.9 Å². The Bertz CT molecular complexity index is 753. The van der Waals surface area contributed by atoms with E-state index in [0.29, 0.717) is 10.7 Å². The number of nitrogens with one attached hydrogen (secondary N) is 1. The number of carbonyl (C=O) groups excluding carboxylic acids is 1. The molecule has 0 amide bonds. The first-order valence-corrected chi connectivity index (χ1v) is 7.47. The molecule has 2 aromatic rings. The fourth-order valence-corrected chi connectivity index (χ4v) is 2.64. The van der Waals surface area contributed by atoms with Gasteiger partial charge in [-0.2, -0.15) is 13.2 Å². The van der Waals surface area contributed by atoms with Crippen molar-refractivity contribution in [3.8, 4) is 0 Å². The zero-order valence-electron chi connectivity index (χ0n) is 11.7. The van der Waals surface area contributed by atoms with Crippen LogP contribution in [0.3, 0.4) is 0 Å². The lowest BCUT2D eigenvalue weighted by Crippen LogP contribution is -2.12. The van der Waals surface area contributed by atoms with Gasteiger partial charge in [0.05, 0.1) is 10.6 Å². The molecule has 4 nitrogen and oxygen atoms in total. The summed E-state index contributed by atoms with van der Waals surface area (Å²) in [6.45, 7) is 0. The average Bonchev–Trinajstić information content (AvgIpc) is 2.46. The van der Waals surface area contributed by atoms with Gasteiger partial charge in [-0.25, -0.2) is 4.98 Å². The van der Waals surface area contributed by atoms with Crippen LogP contribution in [0.4, 0.5) is 19.0 Å². The standard InChI is InChI=1S/C14H10BrClF3N3O/c1-20-13-7(2-8(5-22-13)14(17,18)19)3-11(23)12-10(16)4-9(15)6-21-12/h2,4-6H,3H2,1H3,(H,20,22). The number of nitrogens with zero attached hydrogens (tertiary/aromatic N) is 2. The zero-order chi connectivity index (χ0) is 17.2. The summed E-state index contributed by atoms with van der Waals surface area (Å²) >= 11 is 9.11. The smallest absolute Gasteiger partial charge is 0.373 e. The summed E-state index contributed by atoms with van der Waals surface area (Å²) < 4.78 is 39.0. The van der Waals surface area contributed by atoms with Gasteiger partial charge in [-0.1, -0.05) is 11.6 Å². The van der Waals surface area contributed by atoms with Crippen molar-refractivity contribution >= 4 is 39.1 Å². The van der Waals surface area contributed by atoms with Crippen molar-refractivity contribution < 1.29 is 18.0 Å². The highest BCUT2D eigenvalue weighted by atomic mass is 79.9. The summed E-state index contributed by atoms with van der Waals surface area (Å²) in [7, 11) is 1.51. The summed E-state index contributed by atoms with van der Waals surface area (Å²) in [5.41, 5.74) is -0.809. The molecule has 0 spiro atoms. The molecule has 0 aliphatic carbocycles. The number of hydrogen-bond acceptors (Lipinski definition) is 4. The van der Waals surface area contributed by atoms with E-state index in [0.717, 1.165) is 6.07 Å². The van der Waals surface area contributed by atoms with Crippen LogP contribution < -0.4 is 5.32 Å². The predicted molar refractivity (Wildman–Crippen MR) is 83.8 cm³/mol. The van der Waals surface area contributed by atoms with E-state index in [1.54, 1.807) is 0 Å². The number of carbonyl (C=O) groups is 1. The van der Waals surface area contributed by atoms with Gasteiger partial charge in [0.15, 0.2) is 5.78 Å². The molecule has 0 radical (unpaired) electrons. The van der Waals surface area contributed by atoms with Crippen molar-refractivity contribution in [1.29, 1.82) is 0 Å². The lowest BCUT2D eigenvalue weighted by atomic mass is 10.1. The minimum Gasteiger partial charge on any atom is -0.373 e. The fraction of sp³-hybridized carbons (Fsp3) is 0.214. The largest absolute Gasteiger partial charge is 0.417 e. The first-order valence-electron chi connectivity index (χ1n) is 6.30. The third kappa shape index (κ3) is 4.20. The third-order valence-electron chi connectivity index (χ3n) is 2.95. The summed E-state index contributed by atoms with van der Waals surface area (Å²) in [4.78, 5) is 19.9. The average molecular weight is 409 g/mol. The van der Waals surface area contributed by atoms with Crippen molar-refractivity contribution in [2.45, 2.75) is 12.6 Å². The Morgan fingerprint density at radius 1 is 1.30 bits per heavy atom. The maximum absolute atomic E-state index is 12.8. The van der Waals surface area contributed by atoms with Gasteiger partial charge < -0.3 is 5.32 Å². The molecule has 0 aromatic carbocycles. The van der Waals surface area contributed by atoms with E-state index in [1.807, 2.05) is 0 Å². The number of Topliss-reactive ketones (excluding diaryl/α,β-unsaturated/α-hetero) is 1. The van der Waals surface area contributed by atoms with Gasteiger partial charge in [0.1, 0.15) is 11.5 Å². The maximum atomic E-state index is 12.8. The van der Waals surface area contributed by atoms with Crippen molar-refractivity contribution in [2.75, 3.05) is 12.4 Å². The Morgan fingerprint density at radius 3 is 2.57 bits per heavy atom. The van der Waals surface area contributed by atoms with Crippen molar-refractivity contribution in [2.24, 2.45) is 0 Å². The highest BCUT2D eigenvalue weighted by Gasteiger charge is 2.32. The van der Waals surface area contributed by atoms with Crippen LogP contribution in [0.5, 0.6) is 0 Å². The highest BCUT2D eigenvalue weighted by Crippen LogP contribution is 2.31. The molecule has 9 heteroatoms. The molecule has 2 heterocycles. The van der Waals surface area contributed by atoms with Crippen LogP contribution >= 0.6 is 27.5 Å². The summed E-state index contributed by atoms with van der Waals surface area (Å²) in [6, 6.07) is 2.38. The minimum absolute atomic E-state index is 0.00525. The quantitative estimate of drug-likeness (QED) is 0.763. The second kappa shape index (κ2) is 6.84. The Hall–Kier alpha value is -1.67. The Balaban J connectivity index is 2.36. The molecule has 0 aliphatic heterocycles. The monoisotopic (exact) mass is 407 g/mol. The molecule has 0 unspecified atom stereocenters. The predicted octanol–water partition coefficient (Wildman–Crippen LogP) is 4.38. The summed E-state index contributed by atoms with van der Waals surface area (Å²) in [5.74, 6) is -0.306. The number of pyridine rings is 2. The molecule has 0 saturated carbocycles. The van der Waals surface area contributed by atoms with Crippen LogP contribution in [-0.4, -0.2) is 22.8 Å². The molecule has 122 valence electrons. The van der Waals surface area contributed by atoms with E-state index < -0.39 is 17.5 Å². The van der Waals surface area contributed by atoms with Crippen molar-refractivity contribution in [3.05, 3.63) is 50.8 Å². The number of hydrogen-bond donors (Lipinski definition) is 1. The van der Waals surface area contributed by atoms with E-state index >= 15 is 0 Å². The number of halogens is 5. The van der Waals surface area contributed by atoms with Crippen LogP contribution in [0.15, 0.2) is 29.0 Å². The molecular weight excluding hydrogens is 399 g/mol. The minimum atomic E-state index is -4.54. The van der Waals surface area contributed by atoms with Crippen LogP contribution in [0.2, 0.25) is 5.02 Å². The molecule has 1 N–H and O–H groups in total. The van der Waals surface area contributed by atoms with Crippen LogP contribution in [0.1, 0.15) is 21.6 Å². The zero-order valence-corrected chi connectivity index (χ0v) is 14.1. The highest BCUT2D eigenvalue weighted by molar-refractivity contribution is 9.10. The van der Waals surface area contributed by atoms with E-state index in [2.05, 4.69) is 31.2 Å². The Kier molecular flexibility index (Phi) is 5.26. The van der Waals surface area contributed by atoms with Gasteiger partial charge in [0, 0.05) is 35.9 Å². The lowest BCUT2D eigenvalue weighted by molar-refractivity contribution is -0.137.